The van der Waals surface area contributed by atoms with Gasteiger partial charge >= 0.3 is 0 Å². The molecule has 0 saturated carbocycles. The van der Waals surface area contributed by atoms with Crippen molar-refractivity contribution in [2.75, 3.05) is 13.7 Å². The fourth-order valence-corrected chi connectivity index (χ4v) is 2.22. The molecule has 5 nitrogen and oxygen atoms in total. The highest BCUT2D eigenvalue weighted by molar-refractivity contribution is 5.34. The Morgan fingerprint density at radius 2 is 2.05 bits per heavy atom. The monoisotopic (exact) mass is 289 g/mol. The lowest BCUT2D eigenvalue weighted by atomic mass is 10.1. The lowest BCUT2D eigenvalue weighted by Crippen LogP contribution is -2.21. The summed E-state index contributed by atoms with van der Waals surface area (Å²) in [5.41, 5.74) is 1.05. The summed E-state index contributed by atoms with van der Waals surface area (Å²) in [6.45, 7) is 5.20. The van der Waals surface area contributed by atoms with Gasteiger partial charge in [0.1, 0.15) is 5.75 Å². The van der Waals surface area contributed by atoms with Crippen molar-refractivity contribution in [3.63, 3.8) is 0 Å². The Hall–Kier alpha value is -1.88. The van der Waals surface area contributed by atoms with Crippen LogP contribution in [0, 0.1) is 0 Å². The van der Waals surface area contributed by atoms with Gasteiger partial charge in [0.25, 0.3) is 0 Å². The third kappa shape index (κ3) is 4.04. The molecule has 2 aromatic rings. The Balaban J connectivity index is 2.08. The molecular weight excluding hydrogens is 266 g/mol. The molecule has 0 spiro atoms. The Morgan fingerprint density at radius 1 is 1.24 bits per heavy atom. The average Bonchev–Trinajstić information content (AvgIpc) is 2.97. The van der Waals surface area contributed by atoms with E-state index in [9.17, 15) is 0 Å². The summed E-state index contributed by atoms with van der Waals surface area (Å²) < 4.78 is 11.1. The van der Waals surface area contributed by atoms with Crippen LogP contribution in [0.4, 0.5) is 0 Å². The molecule has 21 heavy (non-hydrogen) atoms. The number of ether oxygens (including phenoxy) is 1. The van der Waals surface area contributed by atoms with Gasteiger partial charge < -0.3 is 14.5 Å². The van der Waals surface area contributed by atoms with Gasteiger partial charge in [-0.3, -0.25) is 0 Å². The lowest BCUT2D eigenvalue weighted by Gasteiger charge is -2.11. The highest BCUT2D eigenvalue weighted by atomic mass is 16.5. The van der Waals surface area contributed by atoms with Crippen LogP contribution < -0.4 is 10.1 Å². The minimum Gasteiger partial charge on any atom is -0.496 e. The molecule has 114 valence electrons. The van der Waals surface area contributed by atoms with Gasteiger partial charge in [-0.2, -0.15) is 0 Å². The summed E-state index contributed by atoms with van der Waals surface area (Å²) in [5.74, 6) is 2.12. The van der Waals surface area contributed by atoms with Crippen molar-refractivity contribution < 1.29 is 9.15 Å². The molecule has 1 atom stereocenters. The molecule has 0 aliphatic rings. The van der Waals surface area contributed by atoms with Gasteiger partial charge in [0.05, 0.1) is 19.6 Å². The zero-order chi connectivity index (χ0) is 15.1. The number of para-hydroxylation sites is 1. The fraction of sp³-hybridized carbons (Fsp3) is 0.500. The smallest absolute Gasteiger partial charge is 0.233 e. The maximum Gasteiger partial charge on any atom is 0.233 e. The van der Waals surface area contributed by atoms with E-state index in [0.717, 1.165) is 30.7 Å². The highest BCUT2D eigenvalue weighted by Gasteiger charge is 2.16. The maximum absolute atomic E-state index is 5.80. The Labute approximate surface area is 125 Å². The van der Waals surface area contributed by atoms with Gasteiger partial charge in [-0.15, -0.1) is 10.2 Å². The molecular formula is C16H23N3O2. The van der Waals surface area contributed by atoms with Crippen molar-refractivity contribution in [3.05, 3.63) is 41.6 Å². The predicted octanol–water partition coefficient (Wildman–Crippen LogP) is 3.12. The van der Waals surface area contributed by atoms with Crippen LogP contribution in [0.5, 0.6) is 5.75 Å². The van der Waals surface area contributed by atoms with E-state index < -0.39 is 0 Å². The lowest BCUT2D eigenvalue weighted by molar-refractivity contribution is 0.373. The van der Waals surface area contributed by atoms with E-state index in [1.807, 2.05) is 24.3 Å². The Kier molecular flexibility index (Phi) is 5.75. The first-order valence-corrected chi connectivity index (χ1v) is 7.46. The molecule has 1 unspecified atom stereocenters. The first-order valence-electron chi connectivity index (χ1n) is 7.46. The quantitative estimate of drug-likeness (QED) is 0.809. The van der Waals surface area contributed by atoms with Crippen molar-refractivity contribution in [3.8, 4) is 5.75 Å². The van der Waals surface area contributed by atoms with Crippen molar-refractivity contribution in [2.24, 2.45) is 0 Å². The first-order chi connectivity index (χ1) is 10.3. The number of hydrogen-bond acceptors (Lipinski definition) is 5. The molecule has 0 bridgehead atoms. The summed E-state index contributed by atoms with van der Waals surface area (Å²) in [5, 5.41) is 11.7. The molecule has 0 fully saturated rings. The van der Waals surface area contributed by atoms with E-state index in [-0.39, 0.29) is 6.04 Å². The third-order valence-electron chi connectivity index (χ3n) is 3.36. The zero-order valence-electron chi connectivity index (χ0n) is 12.9. The van der Waals surface area contributed by atoms with Crippen LogP contribution >= 0.6 is 0 Å². The minimum absolute atomic E-state index is 0.129. The topological polar surface area (TPSA) is 60.2 Å². The number of rotatable bonds is 8. The van der Waals surface area contributed by atoms with Gasteiger partial charge in [0, 0.05) is 5.56 Å². The van der Waals surface area contributed by atoms with E-state index in [4.69, 9.17) is 9.15 Å². The van der Waals surface area contributed by atoms with Gasteiger partial charge in [-0.1, -0.05) is 32.0 Å². The largest absolute Gasteiger partial charge is 0.496 e. The highest BCUT2D eigenvalue weighted by Crippen LogP contribution is 2.22. The number of hydrogen-bond donors (Lipinski definition) is 1. The SMILES string of the molecule is CCCNC(CC)c1nnc(Cc2ccccc2OC)o1. The van der Waals surface area contributed by atoms with E-state index in [1.165, 1.54) is 0 Å². The van der Waals surface area contributed by atoms with Gasteiger partial charge in [-0.25, -0.2) is 0 Å². The van der Waals surface area contributed by atoms with Gasteiger partial charge in [-0.05, 0) is 25.5 Å². The summed E-state index contributed by atoms with van der Waals surface area (Å²) >= 11 is 0. The Morgan fingerprint density at radius 3 is 2.76 bits per heavy atom. The predicted molar refractivity (Wildman–Crippen MR) is 81.4 cm³/mol. The molecule has 5 heteroatoms. The molecule has 0 amide bonds. The minimum atomic E-state index is 0.129. The molecule has 0 radical (unpaired) electrons. The van der Waals surface area contributed by atoms with Crippen molar-refractivity contribution in [1.82, 2.24) is 15.5 Å². The van der Waals surface area contributed by atoms with Crippen LogP contribution in [0.2, 0.25) is 0 Å². The van der Waals surface area contributed by atoms with E-state index in [0.29, 0.717) is 18.2 Å². The summed E-state index contributed by atoms with van der Waals surface area (Å²) in [7, 11) is 1.67. The number of benzene rings is 1. The molecule has 0 aliphatic carbocycles. The van der Waals surface area contributed by atoms with Crippen LogP contribution in [-0.4, -0.2) is 23.9 Å². The molecule has 2 rings (SSSR count). The van der Waals surface area contributed by atoms with E-state index >= 15 is 0 Å². The van der Waals surface area contributed by atoms with Crippen molar-refractivity contribution in [2.45, 2.75) is 39.2 Å². The summed E-state index contributed by atoms with van der Waals surface area (Å²) in [4.78, 5) is 0. The van der Waals surface area contributed by atoms with Gasteiger partial charge in [0.15, 0.2) is 0 Å². The normalized spacial score (nSPS) is 12.3. The van der Waals surface area contributed by atoms with E-state index in [1.54, 1.807) is 7.11 Å². The third-order valence-corrected chi connectivity index (χ3v) is 3.36. The molecule has 0 saturated heterocycles. The molecule has 0 aliphatic heterocycles. The van der Waals surface area contributed by atoms with Crippen LogP contribution in [0.3, 0.4) is 0 Å². The van der Waals surface area contributed by atoms with Crippen LogP contribution in [-0.2, 0) is 6.42 Å². The van der Waals surface area contributed by atoms with Crippen LogP contribution in [0.25, 0.3) is 0 Å². The molecule has 1 heterocycles. The number of nitrogens with one attached hydrogen (secondary N) is 1. The fourth-order valence-electron chi connectivity index (χ4n) is 2.22. The van der Waals surface area contributed by atoms with Crippen molar-refractivity contribution in [1.29, 1.82) is 0 Å². The maximum atomic E-state index is 5.80. The molecule has 1 aromatic carbocycles. The van der Waals surface area contributed by atoms with Gasteiger partial charge in [0.2, 0.25) is 11.8 Å². The second-order valence-corrected chi connectivity index (χ2v) is 4.94. The molecule has 1 aromatic heterocycles. The zero-order valence-corrected chi connectivity index (χ0v) is 12.9. The summed E-state index contributed by atoms with van der Waals surface area (Å²) in [6, 6.07) is 8.00. The number of nitrogens with zero attached hydrogens (tertiary/aromatic N) is 2. The van der Waals surface area contributed by atoms with Crippen LogP contribution in [0.15, 0.2) is 28.7 Å². The molecule has 1 N–H and O–H groups in total. The first kappa shape index (κ1) is 15.5. The number of aromatic nitrogens is 2. The number of methoxy groups -OCH3 is 1. The second-order valence-electron chi connectivity index (χ2n) is 4.94. The second kappa shape index (κ2) is 7.78. The standard InChI is InChI=1S/C16H23N3O2/c1-4-10-17-13(5-2)16-19-18-15(21-16)11-12-8-6-7-9-14(12)20-3/h6-9,13,17H,4-5,10-11H2,1-3H3. The van der Waals surface area contributed by atoms with Crippen molar-refractivity contribution >= 4 is 0 Å². The van der Waals surface area contributed by atoms with E-state index in [2.05, 4.69) is 29.4 Å². The van der Waals surface area contributed by atoms with Crippen LogP contribution in [0.1, 0.15) is 50.1 Å². The summed E-state index contributed by atoms with van der Waals surface area (Å²) in [6.07, 6.45) is 2.59. The average molecular weight is 289 g/mol. The Bertz CT molecular complexity index is 554.